The van der Waals surface area contributed by atoms with Gasteiger partial charge in [-0.15, -0.1) is 0 Å². The Hall–Kier alpha value is 0.230. The van der Waals surface area contributed by atoms with Crippen molar-refractivity contribution in [2.24, 2.45) is 5.92 Å². The van der Waals surface area contributed by atoms with Gasteiger partial charge in [-0.2, -0.15) is 11.8 Å². The van der Waals surface area contributed by atoms with Crippen LogP contribution >= 0.6 is 11.8 Å². The first kappa shape index (κ1) is 15.6. The topological polar surface area (TPSA) is 24.5 Å². The minimum Gasteiger partial charge on any atom is -0.372 e. The summed E-state index contributed by atoms with van der Waals surface area (Å²) in [5.41, 5.74) is 0. The summed E-state index contributed by atoms with van der Waals surface area (Å²) in [4.78, 5) is 2.62. The molecule has 2 heterocycles. The van der Waals surface area contributed by atoms with Crippen molar-refractivity contribution < 1.29 is 4.74 Å². The Morgan fingerprint density at radius 3 is 2.84 bits per heavy atom. The summed E-state index contributed by atoms with van der Waals surface area (Å²) in [6.45, 7) is 11.4. The molecule has 0 aromatic heterocycles. The van der Waals surface area contributed by atoms with Gasteiger partial charge in [0.1, 0.15) is 0 Å². The van der Waals surface area contributed by atoms with Crippen molar-refractivity contribution >= 4 is 11.8 Å². The second-order valence-corrected chi connectivity index (χ2v) is 7.58. The number of thioether (sulfide) groups is 1. The fourth-order valence-corrected chi connectivity index (χ4v) is 3.97. The summed E-state index contributed by atoms with van der Waals surface area (Å²) < 4.78 is 6.18. The van der Waals surface area contributed by atoms with Gasteiger partial charge in [-0.3, -0.25) is 4.90 Å². The van der Waals surface area contributed by atoms with Gasteiger partial charge >= 0.3 is 0 Å². The molecule has 2 fully saturated rings. The molecule has 2 saturated heterocycles. The molecule has 0 spiro atoms. The molecule has 2 aliphatic rings. The van der Waals surface area contributed by atoms with Crippen LogP contribution in [0.25, 0.3) is 0 Å². The van der Waals surface area contributed by atoms with Gasteiger partial charge in [0.2, 0.25) is 0 Å². The Labute approximate surface area is 122 Å². The van der Waals surface area contributed by atoms with E-state index in [1.807, 2.05) is 0 Å². The minimum absolute atomic E-state index is 0.443. The molecule has 3 unspecified atom stereocenters. The van der Waals surface area contributed by atoms with Crippen LogP contribution in [0.15, 0.2) is 0 Å². The van der Waals surface area contributed by atoms with Crippen LogP contribution in [0, 0.1) is 5.92 Å². The lowest BCUT2D eigenvalue weighted by Gasteiger charge is -2.34. The van der Waals surface area contributed by atoms with Crippen molar-refractivity contribution in [3.05, 3.63) is 0 Å². The highest BCUT2D eigenvalue weighted by Crippen LogP contribution is 2.23. The summed E-state index contributed by atoms with van der Waals surface area (Å²) in [5, 5.41) is 3.52. The van der Waals surface area contributed by atoms with Gasteiger partial charge in [0, 0.05) is 37.2 Å². The molecule has 2 rings (SSSR count). The Balaban J connectivity index is 1.64. The van der Waals surface area contributed by atoms with Crippen molar-refractivity contribution in [3.63, 3.8) is 0 Å². The predicted molar refractivity (Wildman–Crippen MR) is 84.0 cm³/mol. The maximum Gasteiger partial charge on any atom is 0.0707 e. The van der Waals surface area contributed by atoms with Gasteiger partial charge in [-0.05, 0) is 32.2 Å². The maximum atomic E-state index is 6.18. The van der Waals surface area contributed by atoms with Crippen molar-refractivity contribution in [1.82, 2.24) is 10.2 Å². The third kappa shape index (κ3) is 5.25. The highest BCUT2D eigenvalue weighted by Gasteiger charge is 2.29. The molecule has 19 heavy (non-hydrogen) atoms. The van der Waals surface area contributed by atoms with Crippen LogP contribution in [0.4, 0.5) is 0 Å². The van der Waals surface area contributed by atoms with Gasteiger partial charge in [-0.1, -0.05) is 13.8 Å². The lowest BCUT2D eigenvalue weighted by molar-refractivity contribution is 0.0183. The smallest absolute Gasteiger partial charge is 0.0707 e. The molecule has 0 aromatic carbocycles. The summed E-state index contributed by atoms with van der Waals surface area (Å²) in [7, 11) is 0. The zero-order chi connectivity index (χ0) is 13.7. The SMILES string of the molecule is CC(C)CNCC1CCC(CN2CCSCC2C)O1. The molecule has 2 aliphatic heterocycles. The van der Waals surface area contributed by atoms with Crippen LogP contribution in [-0.4, -0.2) is 60.8 Å². The average Bonchev–Trinajstić information content (AvgIpc) is 2.79. The predicted octanol–water partition coefficient (Wildman–Crippen LogP) is 2.22. The van der Waals surface area contributed by atoms with E-state index in [2.05, 4.69) is 42.7 Å². The molecule has 4 heteroatoms. The number of hydrogen-bond donors (Lipinski definition) is 1. The third-order valence-electron chi connectivity index (χ3n) is 4.06. The number of rotatable bonds is 6. The van der Waals surface area contributed by atoms with Crippen LogP contribution in [0.3, 0.4) is 0 Å². The number of nitrogens with zero attached hydrogens (tertiary/aromatic N) is 1. The minimum atomic E-state index is 0.443. The first-order chi connectivity index (χ1) is 9.15. The van der Waals surface area contributed by atoms with E-state index in [0.717, 1.165) is 31.6 Å². The van der Waals surface area contributed by atoms with Crippen LogP contribution in [0.1, 0.15) is 33.6 Å². The van der Waals surface area contributed by atoms with Crippen LogP contribution in [0.5, 0.6) is 0 Å². The van der Waals surface area contributed by atoms with Gasteiger partial charge in [-0.25, -0.2) is 0 Å². The summed E-state index contributed by atoms with van der Waals surface area (Å²) in [6.07, 6.45) is 3.38. The Morgan fingerprint density at radius 2 is 2.11 bits per heavy atom. The van der Waals surface area contributed by atoms with Crippen LogP contribution in [-0.2, 0) is 4.74 Å². The third-order valence-corrected chi connectivity index (χ3v) is 5.25. The van der Waals surface area contributed by atoms with Crippen LogP contribution < -0.4 is 5.32 Å². The number of ether oxygens (including phenoxy) is 1. The largest absolute Gasteiger partial charge is 0.372 e. The van der Waals surface area contributed by atoms with Gasteiger partial charge in [0.05, 0.1) is 12.2 Å². The van der Waals surface area contributed by atoms with E-state index >= 15 is 0 Å². The molecule has 0 aromatic rings. The van der Waals surface area contributed by atoms with E-state index in [1.165, 1.54) is 30.9 Å². The molecule has 0 saturated carbocycles. The summed E-state index contributed by atoms with van der Waals surface area (Å²) >= 11 is 2.09. The fraction of sp³-hybridized carbons (Fsp3) is 1.00. The normalized spacial score (nSPS) is 33.2. The van der Waals surface area contributed by atoms with Gasteiger partial charge < -0.3 is 10.1 Å². The molecule has 3 atom stereocenters. The Morgan fingerprint density at radius 1 is 1.32 bits per heavy atom. The van der Waals surface area contributed by atoms with E-state index in [1.54, 1.807) is 0 Å². The van der Waals surface area contributed by atoms with Gasteiger partial charge in [0.25, 0.3) is 0 Å². The highest BCUT2D eigenvalue weighted by molar-refractivity contribution is 7.99. The van der Waals surface area contributed by atoms with Crippen LogP contribution in [0.2, 0.25) is 0 Å². The number of hydrogen-bond acceptors (Lipinski definition) is 4. The van der Waals surface area contributed by atoms with Crippen molar-refractivity contribution in [2.75, 3.05) is 37.7 Å². The number of nitrogens with one attached hydrogen (secondary N) is 1. The molecular formula is C15H30N2OS. The molecule has 1 N–H and O–H groups in total. The summed E-state index contributed by atoms with van der Waals surface area (Å²) in [5.74, 6) is 3.30. The van der Waals surface area contributed by atoms with E-state index in [-0.39, 0.29) is 0 Å². The zero-order valence-electron chi connectivity index (χ0n) is 12.7. The molecular weight excluding hydrogens is 256 g/mol. The summed E-state index contributed by atoms with van der Waals surface area (Å²) in [6, 6.07) is 0.723. The second kappa shape index (κ2) is 7.87. The maximum absolute atomic E-state index is 6.18. The molecule has 112 valence electrons. The lowest BCUT2D eigenvalue weighted by Crippen LogP contribution is -2.44. The first-order valence-corrected chi connectivity index (χ1v) is 8.98. The molecule has 0 amide bonds. The quantitative estimate of drug-likeness (QED) is 0.809. The van der Waals surface area contributed by atoms with E-state index in [4.69, 9.17) is 4.74 Å². The molecule has 3 nitrogen and oxygen atoms in total. The Kier molecular flexibility index (Phi) is 6.46. The highest BCUT2D eigenvalue weighted by atomic mass is 32.2. The molecule has 0 radical (unpaired) electrons. The monoisotopic (exact) mass is 286 g/mol. The van der Waals surface area contributed by atoms with Crippen molar-refractivity contribution in [1.29, 1.82) is 0 Å². The Bertz CT molecular complexity index is 263. The molecule has 0 bridgehead atoms. The van der Waals surface area contributed by atoms with E-state index in [9.17, 15) is 0 Å². The van der Waals surface area contributed by atoms with Crippen molar-refractivity contribution in [3.8, 4) is 0 Å². The fourth-order valence-electron chi connectivity index (χ4n) is 2.89. The van der Waals surface area contributed by atoms with Crippen molar-refractivity contribution in [2.45, 2.75) is 51.9 Å². The molecule has 0 aliphatic carbocycles. The lowest BCUT2D eigenvalue weighted by atomic mass is 10.1. The van der Waals surface area contributed by atoms with E-state index in [0.29, 0.717) is 12.2 Å². The first-order valence-electron chi connectivity index (χ1n) is 7.83. The average molecular weight is 286 g/mol. The standard InChI is InChI=1S/C15H30N2OS/c1-12(2)8-16-9-14-4-5-15(18-14)10-17-6-7-19-11-13(17)3/h12-16H,4-11H2,1-3H3. The van der Waals surface area contributed by atoms with E-state index < -0.39 is 0 Å². The van der Waals surface area contributed by atoms with Gasteiger partial charge in [0.15, 0.2) is 0 Å². The zero-order valence-corrected chi connectivity index (χ0v) is 13.5. The second-order valence-electron chi connectivity index (χ2n) is 6.43.